The van der Waals surface area contributed by atoms with Crippen molar-refractivity contribution in [1.82, 2.24) is 4.98 Å². The lowest BCUT2D eigenvalue weighted by atomic mass is 10.1. The first-order chi connectivity index (χ1) is 6.57. The van der Waals surface area contributed by atoms with Gasteiger partial charge in [0.15, 0.2) is 5.69 Å². The van der Waals surface area contributed by atoms with Crippen molar-refractivity contribution in [2.75, 3.05) is 0 Å². The summed E-state index contributed by atoms with van der Waals surface area (Å²) in [7, 11) is 0. The third-order valence-corrected chi connectivity index (χ3v) is 1.62. The van der Waals surface area contributed by atoms with E-state index in [1.807, 2.05) is 0 Å². The second kappa shape index (κ2) is 3.69. The van der Waals surface area contributed by atoms with Crippen LogP contribution in [0.3, 0.4) is 0 Å². The van der Waals surface area contributed by atoms with Crippen LogP contribution in [0.2, 0.25) is 0 Å². The molecule has 0 aliphatic carbocycles. The summed E-state index contributed by atoms with van der Waals surface area (Å²) in [6, 6.07) is 1.39. The summed E-state index contributed by atoms with van der Waals surface area (Å²) in [6.07, 6.45) is 2.50. The summed E-state index contributed by atoms with van der Waals surface area (Å²) in [4.78, 5) is 24.9. The van der Waals surface area contributed by atoms with Gasteiger partial charge in [0.25, 0.3) is 0 Å². The van der Waals surface area contributed by atoms with Crippen LogP contribution in [0.25, 0.3) is 6.08 Å². The van der Waals surface area contributed by atoms with Gasteiger partial charge < -0.3 is 10.2 Å². The number of nitrogens with zero attached hydrogens (tertiary/aromatic N) is 1. The van der Waals surface area contributed by atoms with Crippen molar-refractivity contribution in [2.45, 2.75) is 0 Å². The number of pyridine rings is 1. The summed E-state index contributed by atoms with van der Waals surface area (Å²) in [6.45, 7) is 3.39. The average molecular weight is 193 g/mol. The zero-order chi connectivity index (χ0) is 10.7. The Balaban J connectivity index is 3.51. The maximum Gasteiger partial charge on any atom is 0.355 e. The molecule has 0 radical (unpaired) electrons. The first kappa shape index (κ1) is 9.91. The minimum Gasteiger partial charge on any atom is -0.478 e. The van der Waals surface area contributed by atoms with Gasteiger partial charge in [0, 0.05) is 6.20 Å². The number of carbonyl (C=O) groups is 2. The Bertz CT molecular complexity index is 411. The molecule has 0 atom stereocenters. The van der Waals surface area contributed by atoms with Gasteiger partial charge in [-0.3, -0.25) is 0 Å². The van der Waals surface area contributed by atoms with Crippen molar-refractivity contribution in [2.24, 2.45) is 0 Å². The normalized spacial score (nSPS) is 9.43. The van der Waals surface area contributed by atoms with Crippen molar-refractivity contribution in [3.63, 3.8) is 0 Å². The third kappa shape index (κ3) is 1.61. The van der Waals surface area contributed by atoms with E-state index in [9.17, 15) is 9.59 Å². The summed E-state index contributed by atoms with van der Waals surface area (Å²) in [5.41, 5.74) is -0.574. The van der Waals surface area contributed by atoms with Gasteiger partial charge >= 0.3 is 11.9 Å². The van der Waals surface area contributed by atoms with Gasteiger partial charge in [-0.15, -0.1) is 0 Å². The van der Waals surface area contributed by atoms with E-state index in [4.69, 9.17) is 10.2 Å². The quantitative estimate of drug-likeness (QED) is 0.750. The van der Waals surface area contributed by atoms with Gasteiger partial charge in [-0.2, -0.15) is 0 Å². The van der Waals surface area contributed by atoms with Crippen molar-refractivity contribution in [3.8, 4) is 0 Å². The lowest BCUT2D eigenvalue weighted by Crippen LogP contribution is -2.12. The summed E-state index contributed by atoms with van der Waals surface area (Å²) in [5, 5.41) is 17.4. The molecule has 0 saturated carbocycles. The third-order valence-electron chi connectivity index (χ3n) is 1.62. The van der Waals surface area contributed by atoms with Crippen LogP contribution in [0.1, 0.15) is 26.4 Å². The predicted octanol–water partition coefficient (Wildman–Crippen LogP) is 1.12. The summed E-state index contributed by atoms with van der Waals surface area (Å²) in [5.74, 6) is -2.70. The molecule has 0 aromatic carbocycles. The summed E-state index contributed by atoms with van der Waals surface area (Å²) >= 11 is 0. The molecule has 0 unspecified atom stereocenters. The Morgan fingerprint density at radius 2 is 2.00 bits per heavy atom. The average Bonchev–Trinajstić information content (AvgIpc) is 2.16. The van der Waals surface area contributed by atoms with Crippen LogP contribution in [0.15, 0.2) is 18.8 Å². The molecular formula is C9H7NO4. The van der Waals surface area contributed by atoms with E-state index in [0.29, 0.717) is 0 Å². The highest BCUT2D eigenvalue weighted by Crippen LogP contribution is 2.13. The van der Waals surface area contributed by atoms with Gasteiger partial charge in [-0.25, -0.2) is 14.6 Å². The first-order valence-corrected chi connectivity index (χ1v) is 3.66. The number of aromatic carboxylic acids is 2. The molecule has 0 fully saturated rings. The van der Waals surface area contributed by atoms with Crippen LogP contribution < -0.4 is 0 Å². The Kier molecular flexibility index (Phi) is 2.62. The van der Waals surface area contributed by atoms with Crippen LogP contribution in [0.5, 0.6) is 0 Å². The van der Waals surface area contributed by atoms with Gasteiger partial charge in [0.2, 0.25) is 0 Å². The Hall–Kier alpha value is -2.17. The standard InChI is InChI=1S/C9H7NO4/c1-2-5-3-4-10-7(9(13)14)6(5)8(11)12/h2-4H,1H2,(H,11,12)(H,13,14). The minimum absolute atomic E-state index is 0.241. The van der Waals surface area contributed by atoms with Crippen molar-refractivity contribution in [3.05, 3.63) is 35.7 Å². The van der Waals surface area contributed by atoms with Crippen LogP contribution in [0.4, 0.5) is 0 Å². The van der Waals surface area contributed by atoms with Crippen LogP contribution in [0, 0.1) is 0 Å². The van der Waals surface area contributed by atoms with Crippen molar-refractivity contribution < 1.29 is 19.8 Å². The Labute approximate surface area is 79.3 Å². The molecule has 1 aromatic heterocycles. The number of carboxylic acid groups (broad SMARTS) is 2. The van der Waals surface area contributed by atoms with Crippen molar-refractivity contribution >= 4 is 18.0 Å². The van der Waals surface area contributed by atoms with Crippen molar-refractivity contribution in [1.29, 1.82) is 0 Å². The monoisotopic (exact) mass is 193 g/mol. The van der Waals surface area contributed by atoms with Gasteiger partial charge in [-0.05, 0) is 11.6 Å². The molecule has 1 aromatic rings. The van der Waals surface area contributed by atoms with E-state index < -0.39 is 17.6 Å². The first-order valence-electron chi connectivity index (χ1n) is 3.66. The number of hydrogen-bond donors (Lipinski definition) is 2. The number of rotatable bonds is 3. The molecule has 14 heavy (non-hydrogen) atoms. The van der Waals surface area contributed by atoms with Crippen LogP contribution in [-0.2, 0) is 0 Å². The van der Waals surface area contributed by atoms with E-state index in [1.165, 1.54) is 18.3 Å². The number of aromatic nitrogens is 1. The SMILES string of the molecule is C=Cc1ccnc(C(=O)O)c1C(=O)O. The van der Waals surface area contributed by atoms with Gasteiger partial charge in [-0.1, -0.05) is 12.7 Å². The molecule has 0 bridgehead atoms. The maximum absolute atomic E-state index is 10.8. The molecule has 0 amide bonds. The van der Waals surface area contributed by atoms with Gasteiger partial charge in [0.05, 0.1) is 5.56 Å². The molecule has 0 saturated heterocycles. The van der Waals surface area contributed by atoms with E-state index in [2.05, 4.69) is 11.6 Å². The van der Waals surface area contributed by atoms with E-state index >= 15 is 0 Å². The lowest BCUT2D eigenvalue weighted by molar-refractivity contribution is 0.0646. The smallest absolute Gasteiger partial charge is 0.355 e. The molecular weight excluding hydrogens is 186 g/mol. The molecule has 1 heterocycles. The fourth-order valence-electron chi connectivity index (χ4n) is 1.03. The van der Waals surface area contributed by atoms with Crippen LogP contribution >= 0.6 is 0 Å². The maximum atomic E-state index is 10.8. The highest BCUT2D eigenvalue weighted by molar-refractivity contribution is 6.02. The molecule has 0 aliphatic rings. The fourth-order valence-corrected chi connectivity index (χ4v) is 1.03. The topological polar surface area (TPSA) is 87.5 Å². The minimum atomic E-state index is -1.37. The Morgan fingerprint density at radius 3 is 2.43 bits per heavy atom. The highest BCUT2D eigenvalue weighted by Gasteiger charge is 2.19. The molecule has 0 aliphatic heterocycles. The molecule has 5 nitrogen and oxygen atoms in total. The van der Waals surface area contributed by atoms with Crippen LogP contribution in [-0.4, -0.2) is 27.1 Å². The summed E-state index contributed by atoms with van der Waals surface area (Å²) < 4.78 is 0. The number of hydrogen-bond acceptors (Lipinski definition) is 3. The van der Waals surface area contributed by atoms with E-state index in [1.54, 1.807) is 0 Å². The predicted molar refractivity (Wildman–Crippen MR) is 48.2 cm³/mol. The fraction of sp³-hybridized carbons (Fsp3) is 0. The Morgan fingerprint density at radius 1 is 1.36 bits per heavy atom. The second-order valence-electron chi connectivity index (χ2n) is 2.44. The molecule has 2 N–H and O–H groups in total. The molecule has 5 heteroatoms. The lowest BCUT2D eigenvalue weighted by Gasteiger charge is -2.03. The zero-order valence-electron chi connectivity index (χ0n) is 7.10. The second-order valence-corrected chi connectivity index (χ2v) is 2.44. The zero-order valence-corrected chi connectivity index (χ0v) is 7.10. The molecule has 72 valence electrons. The number of carboxylic acids is 2. The molecule has 1 rings (SSSR count). The van der Waals surface area contributed by atoms with E-state index in [0.717, 1.165) is 0 Å². The molecule has 0 spiro atoms. The van der Waals surface area contributed by atoms with Gasteiger partial charge in [0.1, 0.15) is 0 Å². The highest BCUT2D eigenvalue weighted by atomic mass is 16.4. The van der Waals surface area contributed by atoms with E-state index in [-0.39, 0.29) is 11.1 Å². The largest absolute Gasteiger partial charge is 0.478 e.